The van der Waals surface area contributed by atoms with E-state index in [1.54, 1.807) is 32.4 Å². The highest BCUT2D eigenvalue weighted by Gasteiger charge is 2.13. The molecule has 0 saturated carbocycles. The van der Waals surface area contributed by atoms with Crippen molar-refractivity contribution in [1.29, 1.82) is 0 Å². The summed E-state index contributed by atoms with van der Waals surface area (Å²) in [6, 6.07) is 19.4. The van der Waals surface area contributed by atoms with Gasteiger partial charge >= 0.3 is 0 Å². The standard InChI is InChI=1S/C29H33N3O4/c1-20-9-7-12-25(21(20)2)36-18-8-17-32-24-11-6-5-10-23(24)31-28(32)15-16-30-29(33)22-13-14-26(34-3)27(19-22)35-4/h5-7,9-14,19H,8,15-18H2,1-4H3,(H,30,33). The van der Waals surface area contributed by atoms with Gasteiger partial charge in [0.25, 0.3) is 5.91 Å². The van der Waals surface area contributed by atoms with Crippen LogP contribution in [0, 0.1) is 13.8 Å². The Labute approximate surface area is 212 Å². The molecule has 1 aromatic heterocycles. The third-order valence-electron chi connectivity index (χ3n) is 6.35. The number of aryl methyl sites for hydroxylation is 2. The number of hydrogen-bond acceptors (Lipinski definition) is 5. The lowest BCUT2D eigenvalue weighted by Crippen LogP contribution is -2.26. The molecule has 0 radical (unpaired) electrons. The zero-order valence-corrected chi connectivity index (χ0v) is 21.3. The van der Waals surface area contributed by atoms with Crippen LogP contribution in [0.4, 0.5) is 0 Å². The average molecular weight is 488 g/mol. The molecule has 4 aromatic rings. The van der Waals surface area contributed by atoms with Gasteiger partial charge in [0.15, 0.2) is 11.5 Å². The lowest BCUT2D eigenvalue weighted by molar-refractivity contribution is 0.0953. The fourth-order valence-electron chi connectivity index (χ4n) is 4.22. The Hall–Kier alpha value is -4.00. The highest BCUT2D eigenvalue weighted by Crippen LogP contribution is 2.27. The van der Waals surface area contributed by atoms with Crippen LogP contribution in [0.5, 0.6) is 17.2 Å². The maximum absolute atomic E-state index is 12.7. The smallest absolute Gasteiger partial charge is 0.251 e. The predicted molar refractivity (Wildman–Crippen MR) is 141 cm³/mol. The number of carbonyl (C=O) groups excluding carboxylic acids is 1. The lowest BCUT2D eigenvalue weighted by atomic mass is 10.1. The molecule has 188 valence electrons. The van der Waals surface area contributed by atoms with Crippen LogP contribution in [0.1, 0.15) is 33.7 Å². The molecule has 1 N–H and O–H groups in total. The number of nitrogens with zero attached hydrogens (tertiary/aromatic N) is 2. The molecule has 7 nitrogen and oxygen atoms in total. The van der Waals surface area contributed by atoms with Gasteiger partial charge in [0.2, 0.25) is 0 Å². The van der Waals surface area contributed by atoms with E-state index in [1.165, 1.54) is 11.1 Å². The normalized spacial score (nSPS) is 10.9. The highest BCUT2D eigenvalue weighted by molar-refractivity contribution is 5.94. The first kappa shape index (κ1) is 25.1. The predicted octanol–water partition coefficient (Wildman–Crippen LogP) is 5.11. The van der Waals surface area contributed by atoms with Gasteiger partial charge in [-0.2, -0.15) is 0 Å². The number of benzene rings is 3. The molecule has 0 aliphatic carbocycles. The molecule has 4 rings (SSSR count). The molecule has 0 atom stereocenters. The summed E-state index contributed by atoms with van der Waals surface area (Å²) in [7, 11) is 3.12. The minimum absolute atomic E-state index is 0.166. The van der Waals surface area contributed by atoms with E-state index in [-0.39, 0.29) is 5.91 Å². The second-order valence-electron chi connectivity index (χ2n) is 8.64. The number of hydrogen-bond donors (Lipinski definition) is 1. The zero-order chi connectivity index (χ0) is 25.5. The molecule has 0 saturated heterocycles. The number of aromatic nitrogens is 2. The molecule has 1 amide bonds. The quantitative estimate of drug-likeness (QED) is 0.298. The number of imidazole rings is 1. The molecule has 0 fully saturated rings. The number of para-hydroxylation sites is 2. The minimum Gasteiger partial charge on any atom is -0.493 e. The number of fused-ring (bicyclic) bond motifs is 1. The summed E-state index contributed by atoms with van der Waals surface area (Å²) < 4.78 is 18.8. The summed E-state index contributed by atoms with van der Waals surface area (Å²) in [5, 5.41) is 2.99. The van der Waals surface area contributed by atoms with Crippen molar-refractivity contribution in [2.24, 2.45) is 0 Å². The third kappa shape index (κ3) is 5.62. The SMILES string of the molecule is COc1ccc(C(=O)NCCc2nc3ccccc3n2CCCOc2cccc(C)c2C)cc1OC. The fourth-order valence-corrected chi connectivity index (χ4v) is 4.22. The van der Waals surface area contributed by atoms with Gasteiger partial charge in [-0.25, -0.2) is 4.98 Å². The molecule has 36 heavy (non-hydrogen) atoms. The number of methoxy groups -OCH3 is 2. The van der Waals surface area contributed by atoms with Crippen molar-refractivity contribution in [3.8, 4) is 17.2 Å². The van der Waals surface area contributed by atoms with Crippen molar-refractivity contribution in [2.75, 3.05) is 27.4 Å². The van der Waals surface area contributed by atoms with Crippen LogP contribution in [0.25, 0.3) is 11.0 Å². The Morgan fingerprint density at radius 3 is 2.56 bits per heavy atom. The Morgan fingerprint density at radius 2 is 1.75 bits per heavy atom. The first-order valence-corrected chi connectivity index (χ1v) is 12.1. The molecule has 1 heterocycles. The van der Waals surface area contributed by atoms with Crippen LogP contribution in [0.2, 0.25) is 0 Å². The fraction of sp³-hybridized carbons (Fsp3) is 0.310. The lowest BCUT2D eigenvalue weighted by Gasteiger charge is -2.13. The number of nitrogens with one attached hydrogen (secondary N) is 1. The van der Waals surface area contributed by atoms with Gasteiger partial charge in [0, 0.05) is 25.1 Å². The Bertz CT molecular complexity index is 1350. The second-order valence-corrected chi connectivity index (χ2v) is 8.64. The van der Waals surface area contributed by atoms with E-state index >= 15 is 0 Å². The Morgan fingerprint density at radius 1 is 0.944 bits per heavy atom. The maximum atomic E-state index is 12.7. The van der Waals surface area contributed by atoms with Gasteiger partial charge in [-0.3, -0.25) is 4.79 Å². The molecular formula is C29H33N3O4. The zero-order valence-electron chi connectivity index (χ0n) is 21.3. The van der Waals surface area contributed by atoms with Crippen LogP contribution in [0.15, 0.2) is 60.7 Å². The largest absolute Gasteiger partial charge is 0.493 e. The van der Waals surface area contributed by atoms with Gasteiger partial charge < -0.3 is 24.1 Å². The monoisotopic (exact) mass is 487 g/mol. The third-order valence-corrected chi connectivity index (χ3v) is 6.35. The van der Waals surface area contributed by atoms with E-state index in [2.05, 4.69) is 35.9 Å². The molecule has 3 aromatic carbocycles. The van der Waals surface area contributed by atoms with Crippen molar-refractivity contribution >= 4 is 16.9 Å². The van der Waals surface area contributed by atoms with Gasteiger partial charge in [-0.1, -0.05) is 24.3 Å². The second kappa shape index (κ2) is 11.6. The van der Waals surface area contributed by atoms with Crippen LogP contribution < -0.4 is 19.5 Å². The van der Waals surface area contributed by atoms with Crippen molar-refractivity contribution < 1.29 is 19.0 Å². The van der Waals surface area contributed by atoms with Crippen molar-refractivity contribution in [3.63, 3.8) is 0 Å². The maximum Gasteiger partial charge on any atom is 0.251 e. The van der Waals surface area contributed by atoms with Gasteiger partial charge in [-0.15, -0.1) is 0 Å². The summed E-state index contributed by atoms with van der Waals surface area (Å²) in [4.78, 5) is 17.5. The molecule has 0 aliphatic rings. The van der Waals surface area contributed by atoms with Crippen LogP contribution in [0.3, 0.4) is 0 Å². The van der Waals surface area contributed by atoms with E-state index in [4.69, 9.17) is 19.2 Å². The summed E-state index contributed by atoms with van der Waals surface area (Å²) >= 11 is 0. The summed E-state index contributed by atoms with van der Waals surface area (Å²) in [5.74, 6) is 2.82. The van der Waals surface area contributed by atoms with Gasteiger partial charge in [0.1, 0.15) is 11.6 Å². The molecule has 0 bridgehead atoms. The summed E-state index contributed by atoms with van der Waals surface area (Å²) in [6.07, 6.45) is 1.46. The first-order chi connectivity index (χ1) is 17.5. The van der Waals surface area contributed by atoms with Gasteiger partial charge in [-0.05, 0) is 67.8 Å². The molecule has 7 heteroatoms. The van der Waals surface area contributed by atoms with Crippen molar-refractivity contribution in [1.82, 2.24) is 14.9 Å². The van der Waals surface area contributed by atoms with Crippen molar-refractivity contribution in [2.45, 2.75) is 33.2 Å². The van der Waals surface area contributed by atoms with E-state index in [1.807, 2.05) is 30.3 Å². The molecule has 0 unspecified atom stereocenters. The summed E-state index contributed by atoms with van der Waals surface area (Å²) in [5.41, 5.74) is 4.96. The molecule has 0 aliphatic heterocycles. The van der Waals surface area contributed by atoms with E-state index in [9.17, 15) is 4.79 Å². The van der Waals surface area contributed by atoms with Crippen molar-refractivity contribution in [3.05, 3.63) is 83.2 Å². The minimum atomic E-state index is -0.166. The molecule has 0 spiro atoms. The highest BCUT2D eigenvalue weighted by atomic mass is 16.5. The van der Waals surface area contributed by atoms with Gasteiger partial charge in [0.05, 0.1) is 31.9 Å². The van der Waals surface area contributed by atoms with Crippen LogP contribution >= 0.6 is 0 Å². The first-order valence-electron chi connectivity index (χ1n) is 12.1. The Kier molecular flexibility index (Phi) is 8.10. The number of carbonyl (C=O) groups is 1. The van der Waals surface area contributed by atoms with Crippen LogP contribution in [-0.4, -0.2) is 42.8 Å². The number of rotatable bonds is 11. The van der Waals surface area contributed by atoms with E-state index in [0.29, 0.717) is 36.6 Å². The van der Waals surface area contributed by atoms with E-state index < -0.39 is 0 Å². The summed E-state index contributed by atoms with van der Waals surface area (Å²) in [6.45, 7) is 6.05. The topological polar surface area (TPSA) is 74.6 Å². The number of ether oxygens (including phenoxy) is 3. The van der Waals surface area contributed by atoms with E-state index in [0.717, 1.165) is 35.6 Å². The van der Waals surface area contributed by atoms with Crippen LogP contribution in [-0.2, 0) is 13.0 Å². The number of amides is 1. The molecular weight excluding hydrogens is 454 g/mol. The average Bonchev–Trinajstić information content (AvgIpc) is 3.25. The Balaban J connectivity index is 1.39.